The third-order valence-electron chi connectivity index (χ3n) is 2.98. The van der Waals surface area contributed by atoms with Crippen molar-refractivity contribution in [2.75, 3.05) is 13.1 Å². The summed E-state index contributed by atoms with van der Waals surface area (Å²) in [6.45, 7) is 11.3. The van der Waals surface area contributed by atoms with E-state index in [2.05, 4.69) is 39.1 Å². The predicted molar refractivity (Wildman–Crippen MR) is 65.5 cm³/mol. The lowest BCUT2D eigenvalue weighted by Gasteiger charge is -2.25. The maximum absolute atomic E-state index is 8.39. The Hall–Kier alpha value is -0.550. The van der Waals surface area contributed by atoms with Gasteiger partial charge in [0.2, 0.25) is 0 Å². The van der Waals surface area contributed by atoms with Gasteiger partial charge >= 0.3 is 0 Å². The fourth-order valence-corrected chi connectivity index (χ4v) is 1.96. The van der Waals surface area contributed by atoms with Crippen LogP contribution in [-0.2, 0) is 0 Å². The molecule has 0 spiro atoms. The minimum atomic E-state index is 0.694. The van der Waals surface area contributed by atoms with E-state index in [4.69, 9.17) is 5.26 Å². The van der Waals surface area contributed by atoms with Crippen LogP contribution in [0.1, 0.15) is 47.0 Å². The number of nitrogens with zero attached hydrogens (tertiary/aromatic N) is 1. The van der Waals surface area contributed by atoms with Crippen LogP contribution in [-0.4, -0.2) is 13.1 Å². The van der Waals surface area contributed by atoms with Crippen LogP contribution in [0.3, 0.4) is 0 Å². The zero-order valence-corrected chi connectivity index (χ0v) is 10.7. The summed E-state index contributed by atoms with van der Waals surface area (Å²) < 4.78 is 0. The van der Waals surface area contributed by atoms with Crippen molar-refractivity contribution >= 4 is 0 Å². The molecule has 0 aliphatic heterocycles. The molecule has 0 atom stereocenters. The molecular formula is C13H26N2. The third kappa shape index (κ3) is 7.39. The summed E-state index contributed by atoms with van der Waals surface area (Å²) in [6, 6.07) is 2.18. The summed E-state index contributed by atoms with van der Waals surface area (Å²) >= 11 is 0. The van der Waals surface area contributed by atoms with Crippen LogP contribution < -0.4 is 5.32 Å². The third-order valence-corrected chi connectivity index (χ3v) is 2.98. The van der Waals surface area contributed by atoms with Crippen molar-refractivity contribution in [2.45, 2.75) is 47.0 Å². The van der Waals surface area contributed by atoms with Crippen molar-refractivity contribution in [1.82, 2.24) is 5.32 Å². The van der Waals surface area contributed by atoms with Crippen molar-refractivity contribution in [3.05, 3.63) is 0 Å². The van der Waals surface area contributed by atoms with Crippen LogP contribution in [0.15, 0.2) is 0 Å². The van der Waals surface area contributed by atoms with Gasteiger partial charge in [0, 0.05) is 6.42 Å². The average Bonchev–Trinajstić information content (AvgIpc) is 2.15. The molecule has 0 fully saturated rings. The molecule has 0 aromatic rings. The monoisotopic (exact) mass is 210 g/mol. The number of nitrogens with one attached hydrogen (secondary N) is 1. The second-order valence-electron chi connectivity index (χ2n) is 4.97. The van der Waals surface area contributed by atoms with E-state index in [-0.39, 0.29) is 0 Å². The molecule has 0 aromatic heterocycles. The van der Waals surface area contributed by atoms with Gasteiger partial charge in [0.1, 0.15) is 0 Å². The maximum Gasteiger partial charge on any atom is 0.0621 e. The quantitative estimate of drug-likeness (QED) is 0.624. The van der Waals surface area contributed by atoms with Gasteiger partial charge in [-0.05, 0) is 43.7 Å². The molecule has 0 amide bonds. The topological polar surface area (TPSA) is 35.8 Å². The van der Waals surface area contributed by atoms with Gasteiger partial charge in [-0.3, -0.25) is 0 Å². The molecule has 0 rings (SSSR count). The second kappa shape index (κ2) is 8.73. The van der Waals surface area contributed by atoms with E-state index in [1.54, 1.807) is 0 Å². The van der Waals surface area contributed by atoms with E-state index in [1.165, 1.54) is 0 Å². The smallest absolute Gasteiger partial charge is 0.0621 e. The van der Waals surface area contributed by atoms with Crippen molar-refractivity contribution in [2.24, 2.45) is 17.8 Å². The van der Waals surface area contributed by atoms with Crippen LogP contribution >= 0.6 is 0 Å². The maximum atomic E-state index is 8.39. The van der Waals surface area contributed by atoms with Crippen LogP contribution in [0.25, 0.3) is 0 Å². The van der Waals surface area contributed by atoms with Crippen molar-refractivity contribution < 1.29 is 0 Å². The first kappa shape index (κ1) is 14.5. The summed E-state index contributed by atoms with van der Waals surface area (Å²) in [5.41, 5.74) is 0. The van der Waals surface area contributed by atoms with Crippen LogP contribution in [0.5, 0.6) is 0 Å². The fraction of sp³-hybridized carbons (Fsp3) is 0.923. The molecule has 0 aliphatic rings. The van der Waals surface area contributed by atoms with Crippen LogP contribution in [0.2, 0.25) is 0 Å². The Bertz CT molecular complexity index is 171. The summed E-state index contributed by atoms with van der Waals surface area (Å²) in [6.07, 6.45) is 2.84. The summed E-state index contributed by atoms with van der Waals surface area (Å²) in [5.74, 6) is 2.26. The SMILES string of the molecule is CC(C)C(CNCCCCC#N)C(C)C. The van der Waals surface area contributed by atoms with Gasteiger partial charge in [-0.2, -0.15) is 5.26 Å². The average molecular weight is 210 g/mol. The van der Waals surface area contributed by atoms with Gasteiger partial charge in [0.25, 0.3) is 0 Å². The molecule has 88 valence electrons. The van der Waals surface area contributed by atoms with E-state index in [9.17, 15) is 0 Å². The fourth-order valence-electron chi connectivity index (χ4n) is 1.96. The number of nitriles is 1. The largest absolute Gasteiger partial charge is 0.316 e. The van der Waals surface area contributed by atoms with E-state index < -0.39 is 0 Å². The van der Waals surface area contributed by atoms with Gasteiger partial charge in [0.05, 0.1) is 6.07 Å². The summed E-state index contributed by atoms with van der Waals surface area (Å²) in [5, 5.41) is 11.9. The van der Waals surface area contributed by atoms with Gasteiger partial charge < -0.3 is 5.32 Å². The highest BCUT2D eigenvalue weighted by Gasteiger charge is 2.16. The molecule has 15 heavy (non-hydrogen) atoms. The molecule has 0 radical (unpaired) electrons. The van der Waals surface area contributed by atoms with Crippen molar-refractivity contribution in [1.29, 1.82) is 5.26 Å². The van der Waals surface area contributed by atoms with Gasteiger partial charge in [0.15, 0.2) is 0 Å². The normalized spacial score (nSPS) is 11.3. The summed E-state index contributed by atoms with van der Waals surface area (Å²) in [7, 11) is 0. The molecule has 0 saturated carbocycles. The van der Waals surface area contributed by atoms with E-state index in [0.717, 1.165) is 43.7 Å². The van der Waals surface area contributed by atoms with Crippen LogP contribution in [0, 0.1) is 29.1 Å². The first-order chi connectivity index (χ1) is 7.09. The minimum Gasteiger partial charge on any atom is -0.316 e. The Balaban J connectivity index is 3.51. The highest BCUT2D eigenvalue weighted by molar-refractivity contribution is 4.71. The standard InChI is InChI=1S/C13H26N2/c1-11(2)13(12(3)4)10-15-9-7-5-6-8-14/h11-13,15H,5-7,9-10H2,1-4H3. The highest BCUT2D eigenvalue weighted by Crippen LogP contribution is 2.19. The molecule has 0 aromatic carbocycles. The molecule has 0 aliphatic carbocycles. The highest BCUT2D eigenvalue weighted by atomic mass is 14.9. The lowest BCUT2D eigenvalue weighted by molar-refractivity contribution is 0.276. The Kier molecular flexibility index (Phi) is 8.41. The van der Waals surface area contributed by atoms with Gasteiger partial charge in [-0.15, -0.1) is 0 Å². The second-order valence-corrected chi connectivity index (χ2v) is 4.97. The summed E-state index contributed by atoms with van der Waals surface area (Å²) in [4.78, 5) is 0. The Morgan fingerprint density at radius 1 is 1.07 bits per heavy atom. The Labute approximate surface area is 95.1 Å². The number of unbranched alkanes of at least 4 members (excludes halogenated alkanes) is 2. The lowest BCUT2D eigenvalue weighted by Crippen LogP contribution is -2.30. The Morgan fingerprint density at radius 3 is 2.13 bits per heavy atom. The molecule has 0 heterocycles. The molecule has 2 heteroatoms. The Morgan fingerprint density at radius 2 is 1.67 bits per heavy atom. The number of hydrogen-bond acceptors (Lipinski definition) is 2. The first-order valence-corrected chi connectivity index (χ1v) is 6.17. The molecule has 1 N–H and O–H groups in total. The zero-order valence-electron chi connectivity index (χ0n) is 10.7. The van der Waals surface area contributed by atoms with Crippen molar-refractivity contribution in [3.63, 3.8) is 0 Å². The zero-order chi connectivity index (χ0) is 11.7. The van der Waals surface area contributed by atoms with E-state index in [1.807, 2.05) is 0 Å². The minimum absolute atomic E-state index is 0.694. The molecule has 0 bridgehead atoms. The van der Waals surface area contributed by atoms with E-state index in [0.29, 0.717) is 6.42 Å². The lowest BCUT2D eigenvalue weighted by atomic mass is 9.85. The molecule has 2 nitrogen and oxygen atoms in total. The first-order valence-electron chi connectivity index (χ1n) is 6.17. The molecule has 0 unspecified atom stereocenters. The van der Waals surface area contributed by atoms with Crippen molar-refractivity contribution in [3.8, 4) is 6.07 Å². The predicted octanol–water partition coefficient (Wildman–Crippen LogP) is 3.20. The number of hydrogen-bond donors (Lipinski definition) is 1. The van der Waals surface area contributed by atoms with Gasteiger partial charge in [-0.25, -0.2) is 0 Å². The van der Waals surface area contributed by atoms with E-state index >= 15 is 0 Å². The molecular weight excluding hydrogens is 184 g/mol. The number of rotatable bonds is 8. The molecule has 0 saturated heterocycles. The van der Waals surface area contributed by atoms with Gasteiger partial charge in [-0.1, -0.05) is 27.7 Å². The van der Waals surface area contributed by atoms with Crippen LogP contribution in [0.4, 0.5) is 0 Å².